The summed E-state index contributed by atoms with van der Waals surface area (Å²) in [5, 5.41) is 62.3. The molecule has 52 heavy (non-hydrogen) atoms. The predicted molar refractivity (Wildman–Crippen MR) is 181 cm³/mol. The van der Waals surface area contributed by atoms with Gasteiger partial charge in [-0.25, -0.2) is 4.89 Å². The largest absolute Gasteiger partial charge is 0.481 e. The van der Waals surface area contributed by atoms with Crippen molar-refractivity contribution >= 4 is 29.8 Å². The molecule has 1 saturated heterocycles. The molecule has 0 aromatic rings. The summed E-state index contributed by atoms with van der Waals surface area (Å²) >= 11 is 0. The van der Waals surface area contributed by atoms with Gasteiger partial charge in [-0.15, -0.1) is 0 Å². The second-order valence-corrected chi connectivity index (χ2v) is 16.4. The monoisotopic (exact) mass is 738 g/mol. The number of hydrogen-bond acceptors (Lipinski definition) is 10. The maximum atomic E-state index is 13.9. The number of aliphatic hydroxyl groups is 1. The third kappa shape index (κ3) is 9.46. The molecule has 14 nitrogen and oxygen atoms in total. The third-order valence-electron chi connectivity index (χ3n) is 13.5. The fraction of sp³-hybridized carbons (Fsp3) is 0.868. The molecule has 14 heteroatoms. The number of aliphatic carboxylic acids is 4. The molecule has 5 aliphatic rings. The van der Waals surface area contributed by atoms with E-state index in [0.29, 0.717) is 70.6 Å². The summed E-state index contributed by atoms with van der Waals surface area (Å²) in [5.74, 6) is -11.2. The van der Waals surface area contributed by atoms with E-state index < -0.39 is 102 Å². The predicted octanol–water partition coefficient (Wildman–Crippen LogP) is 5.44. The number of carbonyl (C=O) groups is 5. The van der Waals surface area contributed by atoms with Crippen LogP contribution < -0.4 is 0 Å². The topological polar surface area (TPSA) is 234 Å². The maximum Gasteiger partial charge on any atom is 0.310 e. The summed E-state index contributed by atoms with van der Waals surface area (Å²) in [4.78, 5) is 68.2. The van der Waals surface area contributed by atoms with Crippen LogP contribution in [0.25, 0.3) is 0 Å². The van der Waals surface area contributed by atoms with Crippen molar-refractivity contribution in [1.82, 2.24) is 0 Å². The quantitative estimate of drug-likeness (QED) is 0.0740. The SMILES string of the molecule is O=C(O)C1CCCCC1C[C@H]1[C@H](CC2CCCCC2C(=O)O)C(CC(OO)C2CCCCC2C(=O)O)OC(O)[C@H]1OC(=O)C1CCCCC1C(=O)O. The highest BCUT2D eigenvalue weighted by atomic mass is 17.1. The van der Waals surface area contributed by atoms with E-state index in [2.05, 4.69) is 0 Å². The van der Waals surface area contributed by atoms with Gasteiger partial charge in [-0.1, -0.05) is 51.4 Å². The van der Waals surface area contributed by atoms with E-state index in [1.807, 2.05) is 0 Å². The van der Waals surface area contributed by atoms with E-state index in [9.17, 15) is 54.8 Å². The first-order chi connectivity index (χ1) is 24.9. The number of carbonyl (C=O) groups excluding carboxylic acids is 1. The minimum absolute atomic E-state index is 0.0228. The van der Waals surface area contributed by atoms with Crippen molar-refractivity contribution in [2.75, 3.05) is 0 Å². The molecule has 0 aromatic heterocycles. The molecular weight excluding hydrogens is 680 g/mol. The summed E-state index contributed by atoms with van der Waals surface area (Å²) in [6.45, 7) is 0. The van der Waals surface area contributed by atoms with E-state index in [-0.39, 0.29) is 24.7 Å². The number of ether oxygens (including phenoxy) is 2. The van der Waals surface area contributed by atoms with Crippen LogP contribution >= 0.6 is 0 Å². The molecule has 1 aliphatic heterocycles. The molecule has 4 saturated carbocycles. The highest BCUT2D eigenvalue weighted by Gasteiger charge is 2.53. The Bertz CT molecular complexity index is 1260. The van der Waals surface area contributed by atoms with Gasteiger partial charge in [0.1, 0.15) is 0 Å². The zero-order valence-electron chi connectivity index (χ0n) is 30.0. The molecule has 294 valence electrons. The average molecular weight is 739 g/mol. The molecule has 0 spiro atoms. The molecule has 5 fully saturated rings. The fourth-order valence-electron chi connectivity index (χ4n) is 10.8. The zero-order valence-corrected chi connectivity index (χ0v) is 30.0. The van der Waals surface area contributed by atoms with Gasteiger partial charge < -0.3 is 35.0 Å². The Kier molecular flexibility index (Phi) is 14.4. The Morgan fingerprint density at radius 2 is 1.02 bits per heavy atom. The highest BCUT2D eigenvalue weighted by molar-refractivity contribution is 5.81. The lowest BCUT2D eigenvalue weighted by Gasteiger charge is -2.49. The average Bonchev–Trinajstić information content (AvgIpc) is 3.13. The van der Waals surface area contributed by atoms with Crippen molar-refractivity contribution in [2.24, 2.45) is 59.2 Å². The van der Waals surface area contributed by atoms with Gasteiger partial charge in [0.15, 0.2) is 12.4 Å². The molecule has 0 amide bonds. The van der Waals surface area contributed by atoms with Crippen LogP contribution in [-0.2, 0) is 38.3 Å². The van der Waals surface area contributed by atoms with Gasteiger partial charge in [0.05, 0.1) is 41.8 Å². The lowest BCUT2D eigenvalue weighted by Crippen LogP contribution is -2.56. The number of rotatable bonds is 14. The van der Waals surface area contributed by atoms with Crippen molar-refractivity contribution in [3.05, 3.63) is 0 Å². The van der Waals surface area contributed by atoms with Gasteiger partial charge >= 0.3 is 29.8 Å². The Hall–Kier alpha value is -2.81. The van der Waals surface area contributed by atoms with E-state index >= 15 is 0 Å². The highest BCUT2D eigenvalue weighted by Crippen LogP contribution is 2.49. The zero-order chi connectivity index (χ0) is 37.5. The van der Waals surface area contributed by atoms with Crippen molar-refractivity contribution in [2.45, 2.75) is 147 Å². The van der Waals surface area contributed by atoms with Gasteiger partial charge in [-0.2, -0.15) is 0 Å². The number of esters is 1. The van der Waals surface area contributed by atoms with Gasteiger partial charge in [-0.3, -0.25) is 29.2 Å². The minimum atomic E-state index is -1.70. The summed E-state index contributed by atoms with van der Waals surface area (Å²) in [6.07, 6.45) is 5.22. The van der Waals surface area contributed by atoms with Crippen molar-refractivity contribution in [3.8, 4) is 0 Å². The Morgan fingerprint density at radius 3 is 1.54 bits per heavy atom. The first kappa shape index (κ1) is 40.4. The lowest BCUT2D eigenvalue weighted by molar-refractivity contribution is -0.316. The van der Waals surface area contributed by atoms with Gasteiger partial charge in [0.2, 0.25) is 0 Å². The van der Waals surface area contributed by atoms with Gasteiger partial charge in [0.25, 0.3) is 0 Å². The number of hydrogen-bond donors (Lipinski definition) is 6. The standard InChI is InChI=1S/C38H58O14/c39-33(40)22-11-3-1-9-20(22)17-28-29(18-21-10-2-4-12-23(21)34(41)42)32(51-37(47)27-16-8-7-15-26(27)36(45)46)38(48)50-30(28)19-31(52-49)24-13-5-6-14-25(24)35(43)44/h20-32,38,48-49H,1-19H2,(H,39,40)(H,41,42)(H,43,44)(H,45,46)/t20?,21?,22?,23?,24?,25?,26?,27?,28-,29-,30?,31?,32-,38?/m0/s1. The molecule has 0 radical (unpaired) electrons. The lowest BCUT2D eigenvalue weighted by atomic mass is 9.64. The van der Waals surface area contributed by atoms with E-state index in [1.54, 1.807) is 0 Å². The second-order valence-electron chi connectivity index (χ2n) is 16.4. The summed E-state index contributed by atoms with van der Waals surface area (Å²) in [5.41, 5.74) is 0. The van der Waals surface area contributed by atoms with Gasteiger partial charge in [0, 0.05) is 18.3 Å². The number of carboxylic acids is 4. The van der Waals surface area contributed by atoms with Crippen LogP contribution in [0.15, 0.2) is 0 Å². The molecule has 11 unspecified atom stereocenters. The van der Waals surface area contributed by atoms with Crippen molar-refractivity contribution in [3.63, 3.8) is 0 Å². The first-order valence-electron chi connectivity index (χ1n) is 19.7. The summed E-state index contributed by atoms with van der Waals surface area (Å²) in [6, 6.07) is 0. The summed E-state index contributed by atoms with van der Waals surface area (Å²) < 4.78 is 12.4. The number of aliphatic hydroxyl groups excluding tert-OH is 1. The second kappa shape index (κ2) is 18.5. The molecule has 14 atom stereocenters. The smallest absolute Gasteiger partial charge is 0.310 e. The molecule has 4 aliphatic carbocycles. The molecule has 0 aromatic carbocycles. The van der Waals surface area contributed by atoms with Crippen LogP contribution in [-0.4, -0.2) is 85.2 Å². The van der Waals surface area contributed by atoms with Crippen LogP contribution in [0.4, 0.5) is 0 Å². The normalized spacial score (nSPS) is 39.2. The minimum Gasteiger partial charge on any atom is -0.481 e. The molecule has 5 rings (SSSR count). The van der Waals surface area contributed by atoms with Gasteiger partial charge in [-0.05, 0) is 82.0 Å². The van der Waals surface area contributed by atoms with Crippen molar-refractivity contribution in [1.29, 1.82) is 0 Å². The third-order valence-corrected chi connectivity index (χ3v) is 13.5. The van der Waals surface area contributed by atoms with Crippen LogP contribution in [0.5, 0.6) is 0 Å². The Balaban J connectivity index is 1.53. The Morgan fingerprint density at radius 1 is 0.577 bits per heavy atom. The van der Waals surface area contributed by atoms with Crippen LogP contribution in [0.1, 0.15) is 122 Å². The molecule has 1 heterocycles. The molecule has 6 N–H and O–H groups in total. The van der Waals surface area contributed by atoms with E-state index in [4.69, 9.17) is 14.4 Å². The van der Waals surface area contributed by atoms with Crippen LogP contribution in [0.3, 0.4) is 0 Å². The molecule has 0 bridgehead atoms. The first-order valence-corrected chi connectivity index (χ1v) is 19.7. The van der Waals surface area contributed by atoms with E-state index in [1.165, 1.54) is 0 Å². The van der Waals surface area contributed by atoms with Crippen molar-refractivity contribution < 1.29 is 69.1 Å². The van der Waals surface area contributed by atoms with Crippen LogP contribution in [0, 0.1) is 59.2 Å². The van der Waals surface area contributed by atoms with E-state index in [0.717, 1.165) is 38.5 Å². The summed E-state index contributed by atoms with van der Waals surface area (Å²) in [7, 11) is 0. The Labute approximate surface area is 304 Å². The number of carboxylic acid groups (broad SMARTS) is 4. The molecular formula is C38H58O14. The van der Waals surface area contributed by atoms with Crippen LogP contribution in [0.2, 0.25) is 0 Å². The fourth-order valence-corrected chi connectivity index (χ4v) is 10.8. The maximum absolute atomic E-state index is 13.9.